The summed E-state index contributed by atoms with van der Waals surface area (Å²) < 4.78 is 36.4. The molecule has 0 aromatic heterocycles. The number of nitrogens with one attached hydrogen (secondary N) is 1. The Morgan fingerprint density at radius 2 is 1.44 bits per heavy atom. The van der Waals surface area contributed by atoms with Crippen LogP contribution in [0.4, 0.5) is 0 Å². The summed E-state index contributed by atoms with van der Waals surface area (Å²) in [5.74, 6) is 0.446. The molecule has 0 heterocycles. The molecule has 0 aliphatic carbocycles. The number of esters is 1. The van der Waals surface area contributed by atoms with Crippen LogP contribution in [0.25, 0.3) is 0 Å². The number of carbonyl (C=O) groups excluding carboxylic acids is 2. The highest BCUT2D eigenvalue weighted by Crippen LogP contribution is 2.17. The molecule has 194 valence electrons. The van der Waals surface area contributed by atoms with E-state index in [-0.39, 0.29) is 22.8 Å². The minimum atomic E-state index is -4.41. The van der Waals surface area contributed by atoms with E-state index in [9.17, 15) is 22.6 Å². The minimum absolute atomic E-state index is 0.0496. The first-order chi connectivity index (χ1) is 16.0. The Morgan fingerprint density at radius 3 is 1.88 bits per heavy atom. The number of unbranched alkanes of at least 4 members (excludes halogenated alkanes) is 7. The van der Waals surface area contributed by atoms with Crippen LogP contribution in [-0.2, 0) is 35.1 Å². The zero-order valence-electron chi connectivity index (χ0n) is 20.8. The van der Waals surface area contributed by atoms with Crippen LogP contribution in [0.1, 0.15) is 64.7 Å². The molecule has 10 heteroatoms. The van der Waals surface area contributed by atoms with Crippen molar-refractivity contribution in [3.05, 3.63) is 36.4 Å². The molecule has 34 heavy (non-hydrogen) atoms. The lowest BCUT2D eigenvalue weighted by molar-refractivity contribution is -0.134. The van der Waals surface area contributed by atoms with Crippen molar-refractivity contribution in [2.75, 3.05) is 26.2 Å². The molecule has 0 unspecified atom stereocenters. The molecule has 8 nitrogen and oxygen atoms in total. The minimum Gasteiger partial charge on any atom is -0.726 e. The predicted octanol–water partition coefficient (Wildman–Crippen LogP) is 4.13. The van der Waals surface area contributed by atoms with E-state index < -0.39 is 10.4 Å². The third kappa shape index (κ3) is 18.5. The molecule has 1 amide bonds. The maximum Gasteiger partial charge on any atom is 0.311 e. The smallest absolute Gasteiger partial charge is 0.311 e. The molecule has 0 fully saturated rings. The van der Waals surface area contributed by atoms with Crippen LogP contribution in [0, 0.1) is 0 Å². The monoisotopic (exact) mass is 517 g/mol. The molecule has 1 aromatic rings. The Morgan fingerprint density at radius 1 is 0.971 bits per heavy atom. The first kappa shape index (κ1) is 32.1. The fraction of sp³-hybridized carbons (Fsp3) is 0.583. The highest BCUT2D eigenvalue weighted by atomic mass is 32.3. The van der Waals surface area contributed by atoms with E-state index in [1.165, 1.54) is 24.2 Å². The molecule has 0 aliphatic rings. The van der Waals surface area contributed by atoms with Gasteiger partial charge >= 0.3 is 5.97 Å². The number of carbonyl (C=O) groups is 2. The molecule has 0 spiro atoms. The molecule has 0 saturated carbocycles. The first-order valence-corrected chi connectivity index (χ1v) is 14.7. The maximum atomic E-state index is 11.9. The molecule has 1 rings (SSSR count). The van der Waals surface area contributed by atoms with Crippen molar-refractivity contribution in [1.82, 2.24) is 5.32 Å². The number of benzene rings is 1. The van der Waals surface area contributed by atoms with Crippen LogP contribution < -0.4 is 10.1 Å². The maximum absolute atomic E-state index is 11.9. The zero-order valence-corrected chi connectivity index (χ0v) is 22.4. The average Bonchev–Trinajstić information content (AvgIpc) is 2.77. The summed E-state index contributed by atoms with van der Waals surface area (Å²) in [6.07, 6.45) is 13.7. The van der Waals surface area contributed by atoms with E-state index in [2.05, 4.69) is 28.6 Å². The van der Waals surface area contributed by atoms with E-state index in [1.807, 2.05) is 24.3 Å². The topological polar surface area (TPSA) is 122 Å². The molecule has 0 radical (unpaired) electrons. The van der Waals surface area contributed by atoms with Crippen LogP contribution in [0.15, 0.2) is 41.3 Å². The van der Waals surface area contributed by atoms with Crippen LogP contribution in [0.3, 0.4) is 0 Å². The molecule has 0 saturated heterocycles. The zero-order chi connectivity index (χ0) is 26.0. The summed E-state index contributed by atoms with van der Waals surface area (Å²) in [6.45, 7) is 6.07. The highest BCUT2D eigenvalue weighted by molar-refractivity contribution is 7.95. The molecule has 1 N–H and O–H groups in total. The lowest BCUT2D eigenvalue weighted by Gasteiger charge is -2.06. The van der Waals surface area contributed by atoms with Crippen molar-refractivity contribution in [3.8, 4) is 5.75 Å². The second-order valence-corrected chi connectivity index (χ2v) is 11.2. The summed E-state index contributed by atoms with van der Waals surface area (Å²) in [7, 11) is -3.38. The third-order valence-electron chi connectivity index (χ3n) is 4.71. The number of hydrogen-bond donors (Lipinski definition) is 1. The number of rotatable bonds is 15. The van der Waals surface area contributed by atoms with Gasteiger partial charge in [-0.15, -0.1) is 0 Å². The SMILES string of the molecule is C=C(C)C(=O)NCCCCCCCCCCC(=O)Oc1ccc([S+](C)C)cc1.COS(=O)(=O)[O-]. The van der Waals surface area contributed by atoms with Gasteiger partial charge in [0.15, 0.2) is 4.90 Å². The summed E-state index contributed by atoms with van der Waals surface area (Å²) in [4.78, 5) is 24.5. The Bertz CT molecular complexity index is 837. The normalized spacial score (nSPS) is 10.9. The van der Waals surface area contributed by atoms with E-state index in [0.29, 0.717) is 17.7 Å². The van der Waals surface area contributed by atoms with Gasteiger partial charge in [-0.2, -0.15) is 0 Å². The van der Waals surface area contributed by atoms with Crippen LogP contribution >= 0.6 is 0 Å². The van der Waals surface area contributed by atoms with Crippen molar-refractivity contribution < 1.29 is 31.5 Å². The number of hydrogen-bond acceptors (Lipinski definition) is 7. The highest BCUT2D eigenvalue weighted by Gasteiger charge is 2.09. The largest absolute Gasteiger partial charge is 0.726 e. The Balaban J connectivity index is 0.00000160. The standard InChI is InChI=1S/C23H35NO3S.CH4O4S/c1-19(2)23(26)24-18-12-10-8-6-5-7-9-11-13-22(25)27-20-14-16-21(17-15-20)28(3)4;1-5-6(2,3)4/h14-17H,1,5-13,18H2,2-4H3;1H3,(H,2,3,4). The number of amides is 1. The lowest BCUT2D eigenvalue weighted by atomic mass is 10.1. The van der Waals surface area contributed by atoms with Gasteiger partial charge in [0.2, 0.25) is 16.3 Å². The second kappa shape index (κ2) is 18.4. The van der Waals surface area contributed by atoms with Gasteiger partial charge in [-0.3, -0.25) is 13.8 Å². The van der Waals surface area contributed by atoms with Crippen molar-refractivity contribution in [2.24, 2.45) is 0 Å². The van der Waals surface area contributed by atoms with Crippen molar-refractivity contribution in [1.29, 1.82) is 0 Å². The van der Waals surface area contributed by atoms with Gasteiger partial charge in [0.1, 0.15) is 18.3 Å². The quantitative estimate of drug-likeness (QED) is 0.0706. The van der Waals surface area contributed by atoms with Crippen LogP contribution in [0.2, 0.25) is 0 Å². The molecular weight excluding hydrogens is 478 g/mol. The first-order valence-electron chi connectivity index (χ1n) is 11.3. The Kier molecular flexibility index (Phi) is 17.4. The van der Waals surface area contributed by atoms with E-state index in [4.69, 9.17) is 4.74 Å². The predicted molar refractivity (Wildman–Crippen MR) is 136 cm³/mol. The van der Waals surface area contributed by atoms with Crippen molar-refractivity contribution >= 4 is 33.2 Å². The molecule has 0 bridgehead atoms. The van der Waals surface area contributed by atoms with Crippen LogP contribution in [0.5, 0.6) is 5.75 Å². The van der Waals surface area contributed by atoms with E-state index in [1.54, 1.807) is 6.92 Å². The summed E-state index contributed by atoms with van der Waals surface area (Å²) in [6, 6.07) is 7.81. The van der Waals surface area contributed by atoms with Gasteiger partial charge in [-0.25, -0.2) is 8.42 Å². The number of ether oxygens (including phenoxy) is 1. The fourth-order valence-electron chi connectivity index (χ4n) is 2.77. The molecule has 1 aromatic carbocycles. The van der Waals surface area contributed by atoms with Gasteiger partial charge in [0.25, 0.3) is 0 Å². The van der Waals surface area contributed by atoms with Gasteiger partial charge in [-0.1, -0.05) is 45.1 Å². The lowest BCUT2D eigenvalue weighted by Crippen LogP contribution is -2.24. The summed E-state index contributed by atoms with van der Waals surface area (Å²) in [5.41, 5.74) is 0.563. The average molecular weight is 518 g/mol. The fourth-order valence-corrected chi connectivity index (χ4v) is 3.45. The van der Waals surface area contributed by atoms with Gasteiger partial charge in [0, 0.05) is 29.4 Å². The van der Waals surface area contributed by atoms with Crippen LogP contribution in [-0.4, -0.2) is 51.0 Å². The second-order valence-electron chi connectivity index (χ2n) is 7.95. The Labute approximate surface area is 207 Å². The summed E-state index contributed by atoms with van der Waals surface area (Å²) >= 11 is 0. The van der Waals surface area contributed by atoms with E-state index in [0.717, 1.165) is 45.8 Å². The van der Waals surface area contributed by atoms with E-state index >= 15 is 0 Å². The Hall–Kier alpha value is -1.88. The van der Waals surface area contributed by atoms with Gasteiger partial charge in [-0.05, 0) is 44.0 Å². The summed E-state index contributed by atoms with van der Waals surface area (Å²) in [5, 5.41) is 2.85. The molecule has 0 atom stereocenters. The van der Waals surface area contributed by atoms with Crippen molar-refractivity contribution in [3.63, 3.8) is 0 Å². The van der Waals surface area contributed by atoms with Gasteiger partial charge in [0.05, 0.1) is 7.11 Å². The third-order valence-corrected chi connectivity index (χ3v) is 6.34. The molecule has 0 aliphatic heterocycles. The van der Waals surface area contributed by atoms with Crippen molar-refractivity contribution in [2.45, 2.75) is 69.6 Å². The molecular formula is C24H39NO7S2. The van der Waals surface area contributed by atoms with Gasteiger partial charge < -0.3 is 14.6 Å².